The molecule has 118 valence electrons. The van der Waals surface area contributed by atoms with Crippen LogP contribution in [0.3, 0.4) is 0 Å². The lowest BCUT2D eigenvalue weighted by atomic mass is 10.1. The van der Waals surface area contributed by atoms with E-state index in [2.05, 4.69) is 0 Å². The second-order valence-corrected chi connectivity index (χ2v) is 6.28. The maximum Gasteiger partial charge on any atom is 0.269 e. The van der Waals surface area contributed by atoms with E-state index in [4.69, 9.17) is 0 Å². The second kappa shape index (κ2) is 6.00. The number of nitrogens with zero attached hydrogens (tertiary/aromatic N) is 2. The molecule has 1 saturated heterocycles. The number of nitro benzene ring substituents is 1. The van der Waals surface area contributed by atoms with Crippen LogP contribution in [0.5, 0.6) is 0 Å². The van der Waals surface area contributed by atoms with Crippen LogP contribution in [0.2, 0.25) is 0 Å². The van der Waals surface area contributed by atoms with Gasteiger partial charge in [-0.05, 0) is 42.3 Å². The van der Waals surface area contributed by atoms with E-state index in [0.29, 0.717) is 11.3 Å². The van der Waals surface area contributed by atoms with Crippen LogP contribution < -0.4 is 4.90 Å². The zero-order valence-electron chi connectivity index (χ0n) is 12.2. The molecule has 1 amide bonds. The molecule has 1 fully saturated rings. The standard InChI is InChI=1S/C16H13FN2O3S/c1-10-2-5-13(8-14(10)17)18-15(20)9-23-16(18)11-3-6-12(7-4-11)19(21)22/h2-8,16H,9H2,1H3/t16-/m1/s1. The lowest BCUT2D eigenvalue weighted by Gasteiger charge is -2.24. The number of amides is 1. The minimum absolute atomic E-state index is 0.00370. The average Bonchev–Trinajstić information content (AvgIpc) is 2.92. The highest BCUT2D eigenvalue weighted by atomic mass is 32.2. The summed E-state index contributed by atoms with van der Waals surface area (Å²) in [5, 5.41) is 10.4. The van der Waals surface area contributed by atoms with E-state index in [9.17, 15) is 19.3 Å². The molecule has 0 N–H and O–H groups in total. The van der Waals surface area contributed by atoms with Crippen LogP contribution in [0.1, 0.15) is 16.5 Å². The zero-order valence-corrected chi connectivity index (χ0v) is 13.0. The molecule has 0 unspecified atom stereocenters. The van der Waals surface area contributed by atoms with Crippen LogP contribution in [0.4, 0.5) is 15.8 Å². The number of anilines is 1. The van der Waals surface area contributed by atoms with Gasteiger partial charge in [-0.3, -0.25) is 19.8 Å². The lowest BCUT2D eigenvalue weighted by Crippen LogP contribution is -2.27. The Hall–Kier alpha value is -2.41. The largest absolute Gasteiger partial charge is 0.295 e. The Morgan fingerprint density at radius 2 is 1.96 bits per heavy atom. The highest BCUT2D eigenvalue weighted by Crippen LogP contribution is 2.42. The molecule has 0 radical (unpaired) electrons. The first-order chi connectivity index (χ1) is 11.0. The molecular formula is C16H13FN2O3S. The van der Waals surface area contributed by atoms with Gasteiger partial charge in [-0.1, -0.05) is 6.07 Å². The van der Waals surface area contributed by atoms with Gasteiger partial charge in [0.15, 0.2) is 0 Å². The first kappa shape index (κ1) is 15.5. The van der Waals surface area contributed by atoms with Crippen molar-refractivity contribution < 1.29 is 14.1 Å². The van der Waals surface area contributed by atoms with Crippen molar-refractivity contribution in [3.63, 3.8) is 0 Å². The van der Waals surface area contributed by atoms with Gasteiger partial charge in [0.2, 0.25) is 5.91 Å². The summed E-state index contributed by atoms with van der Waals surface area (Å²) in [7, 11) is 0. The Morgan fingerprint density at radius 1 is 1.26 bits per heavy atom. The molecule has 0 aromatic heterocycles. The molecule has 7 heteroatoms. The number of benzene rings is 2. The summed E-state index contributed by atoms with van der Waals surface area (Å²) in [6.07, 6.45) is 0. The van der Waals surface area contributed by atoms with Crippen LogP contribution in [-0.4, -0.2) is 16.6 Å². The van der Waals surface area contributed by atoms with Crippen molar-refractivity contribution in [3.8, 4) is 0 Å². The maximum absolute atomic E-state index is 13.8. The zero-order chi connectivity index (χ0) is 16.6. The number of carbonyl (C=O) groups is 1. The fraction of sp³-hybridized carbons (Fsp3) is 0.188. The van der Waals surface area contributed by atoms with Gasteiger partial charge >= 0.3 is 0 Å². The quantitative estimate of drug-likeness (QED) is 0.633. The van der Waals surface area contributed by atoms with Crippen molar-refractivity contribution in [1.82, 2.24) is 0 Å². The van der Waals surface area contributed by atoms with Crippen molar-refractivity contribution in [1.29, 1.82) is 0 Å². The summed E-state index contributed by atoms with van der Waals surface area (Å²) in [6, 6.07) is 10.8. The van der Waals surface area contributed by atoms with E-state index in [0.717, 1.165) is 5.56 Å². The minimum atomic E-state index is -0.468. The topological polar surface area (TPSA) is 63.5 Å². The highest BCUT2D eigenvalue weighted by molar-refractivity contribution is 8.00. The van der Waals surface area contributed by atoms with E-state index in [1.54, 1.807) is 31.2 Å². The summed E-state index contributed by atoms with van der Waals surface area (Å²) in [4.78, 5) is 24.0. The molecule has 2 aromatic carbocycles. The van der Waals surface area contributed by atoms with Gasteiger partial charge in [0.05, 0.1) is 10.7 Å². The fourth-order valence-electron chi connectivity index (χ4n) is 2.44. The average molecular weight is 332 g/mol. The normalized spacial score (nSPS) is 17.6. The SMILES string of the molecule is Cc1ccc(N2C(=O)CS[C@@H]2c2ccc([N+](=O)[O-])cc2)cc1F. The van der Waals surface area contributed by atoms with Crippen LogP contribution in [0.25, 0.3) is 0 Å². The van der Waals surface area contributed by atoms with E-state index in [1.165, 1.54) is 34.9 Å². The van der Waals surface area contributed by atoms with Crippen molar-refractivity contribution >= 4 is 29.0 Å². The molecule has 1 heterocycles. The summed E-state index contributed by atoms with van der Waals surface area (Å²) in [6.45, 7) is 1.66. The van der Waals surface area contributed by atoms with Gasteiger partial charge in [-0.25, -0.2) is 4.39 Å². The van der Waals surface area contributed by atoms with Crippen LogP contribution in [-0.2, 0) is 4.79 Å². The van der Waals surface area contributed by atoms with Crippen molar-refractivity contribution in [2.24, 2.45) is 0 Å². The van der Waals surface area contributed by atoms with Crippen molar-refractivity contribution in [2.45, 2.75) is 12.3 Å². The third-order valence-corrected chi connectivity index (χ3v) is 4.90. The molecule has 1 aliphatic heterocycles. The lowest BCUT2D eigenvalue weighted by molar-refractivity contribution is -0.384. The predicted octanol–water partition coefficient (Wildman–Crippen LogP) is 3.82. The van der Waals surface area contributed by atoms with Crippen LogP contribution in [0.15, 0.2) is 42.5 Å². The summed E-state index contributed by atoms with van der Waals surface area (Å²) in [5.74, 6) is -0.187. The number of hydrogen-bond donors (Lipinski definition) is 0. The first-order valence-electron chi connectivity index (χ1n) is 6.91. The fourth-order valence-corrected chi connectivity index (χ4v) is 3.62. The molecule has 0 saturated carbocycles. The smallest absolute Gasteiger partial charge is 0.269 e. The Bertz CT molecular complexity index is 779. The third-order valence-electron chi connectivity index (χ3n) is 3.69. The first-order valence-corrected chi connectivity index (χ1v) is 7.96. The number of nitro groups is 1. The van der Waals surface area contributed by atoms with Crippen molar-refractivity contribution in [2.75, 3.05) is 10.7 Å². The summed E-state index contributed by atoms with van der Waals surface area (Å²) < 4.78 is 13.8. The molecule has 1 atom stereocenters. The molecule has 2 aromatic rings. The van der Waals surface area contributed by atoms with E-state index >= 15 is 0 Å². The van der Waals surface area contributed by atoms with E-state index in [-0.39, 0.29) is 28.5 Å². The number of carbonyl (C=O) groups excluding carboxylic acids is 1. The van der Waals surface area contributed by atoms with Crippen LogP contribution in [0, 0.1) is 22.9 Å². The van der Waals surface area contributed by atoms with Gasteiger partial charge in [0, 0.05) is 17.8 Å². The Labute approximate surface area is 136 Å². The highest BCUT2D eigenvalue weighted by Gasteiger charge is 2.34. The molecule has 23 heavy (non-hydrogen) atoms. The van der Waals surface area contributed by atoms with E-state index < -0.39 is 4.92 Å². The number of rotatable bonds is 3. The monoisotopic (exact) mass is 332 g/mol. The van der Waals surface area contributed by atoms with Crippen molar-refractivity contribution in [3.05, 3.63) is 69.5 Å². The summed E-state index contributed by atoms with van der Waals surface area (Å²) in [5.41, 5.74) is 1.77. The van der Waals surface area contributed by atoms with Gasteiger partial charge < -0.3 is 0 Å². The molecule has 1 aliphatic rings. The number of hydrogen-bond acceptors (Lipinski definition) is 4. The van der Waals surface area contributed by atoms with E-state index in [1.807, 2.05) is 0 Å². The Kier molecular flexibility index (Phi) is 4.04. The minimum Gasteiger partial charge on any atom is -0.295 e. The summed E-state index contributed by atoms with van der Waals surface area (Å²) >= 11 is 1.41. The van der Waals surface area contributed by atoms with Gasteiger partial charge in [0.25, 0.3) is 5.69 Å². The molecule has 3 rings (SSSR count). The predicted molar refractivity (Wildman–Crippen MR) is 86.9 cm³/mol. The number of halogens is 1. The van der Waals surface area contributed by atoms with Crippen LogP contribution >= 0.6 is 11.8 Å². The number of non-ortho nitro benzene ring substituents is 1. The van der Waals surface area contributed by atoms with Gasteiger partial charge in [-0.15, -0.1) is 11.8 Å². The number of thioether (sulfide) groups is 1. The second-order valence-electron chi connectivity index (χ2n) is 5.21. The third kappa shape index (κ3) is 2.92. The molecule has 5 nitrogen and oxygen atoms in total. The Morgan fingerprint density at radius 3 is 2.57 bits per heavy atom. The maximum atomic E-state index is 13.8. The number of aryl methyl sites for hydroxylation is 1. The molecule has 0 bridgehead atoms. The molecule has 0 spiro atoms. The molecular weight excluding hydrogens is 319 g/mol. The molecule has 0 aliphatic carbocycles. The van der Waals surface area contributed by atoms with Gasteiger partial charge in [-0.2, -0.15) is 0 Å². The van der Waals surface area contributed by atoms with Gasteiger partial charge in [0.1, 0.15) is 11.2 Å². The Balaban J connectivity index is 1.96.